The monoisotopic (exact) mass is 419 g/mol. The minimum Gasteiger partial charge on any atom is -0.294 e. The molecule has 0 aliphatic carbocycles. The first-order chi connectivity index (χ1) is 12.9. The summed E-state index contributed by atoms with van der Waals surface area (Å²) in [6.07, 6.45) is 1.60. The molecule has 9 heteroatoms. The van der Waals surface area contributed by atoms with Crippen LogP contribution in [0.3, 0.4) is 0 Å². The largest absolute Gasteiger partial charge is 0.294 e. The Morgan fingerprint density at radius 3 is 2.63 bits per heavy atom. The number of hydrogen-bond acceptors (Lipinski definition) is 4. The normalized spacial score (nSPS) is 11.3. The molecule has 0 N–H and O–H groups in total. The zero-order chi connectivity index (χ0) is 19.3. The Morgan fingerprint density at radius 1 is 1.11 bits per heavy atom. The van der Waals surface area contributed by atoms with Crippen LogP contribution in [0.2, 0.25) is 15.2 Å². The van der Waals surface area contributed by atoms with Crippen molar-refractivity contribution in [2.45, 2.75) is 6.92 Å². The molecule has 0 aliphatic rings. The molecule has 0 radical (unpaired) electrons. The highest BCUT2D eigenvalue weighted by molar-refractivity contribution is 6.32. The molecule has 1 aromatic carbocycles. The van der Waals surface area contributed by atoms with E-state index in [1.54, 1.807) is 43.6 Å². The fourth-order valence-electron chi connectivity index (χ4n) is 2.94. The minimum atomic E-state index is -0.225. The topological polar surface area (TPSA) is 65.6 Å². The number of aromatic nitrogens is 5. The Bertz CT molecular complexity index is 1260. The minimum absolute atomic E-state index is 0.225. The van der Waals surface area contributed by atoms with Gasteiger partial charge in [0, 0.05) is 24.3 Å². The fourth-order valence-corrected chi connectivity index (χ4v) is 3.59. The lowest BCUT2D eigenvalue weighted by molar-refractivity contribution is 0.806. The van der Waals surface area contributed by atoms with Gasteiger partial charge < -0.3 is 0 Å². The molecular weight excluding hydrogens is 409 g/mol. The van der Waals surface area contributed by atoms with Crippen molar-refractivity contribution in [3.05, 3.63) is 67.6 Å². The summed E-state index contributed by atoms with van der Waals surface area (Å²) in [5.74, 6) is 0.780. The third-order valence-corrected chi connectivity index (χ3v) is 4.88. The van der Waals surface area contributed by atoms with E-state index in [9.17, 15) is 4.79 Å². The number of aryl methyl sites for hydroxylation is 1. The Balaban J connectivity index is 2.06. The van der Waals surface area contributed by atoms with Gasteiger partial charge in [-0.2, -0.15) is 5.10 Å². The van der Waals surface area contributed by atoms with Gasteiger partial charge in [0.25, 0.3) is 5.56 Å². The van der Waals surface area contributed by atoms with Crippen molar-refractivity contribution < 1.29 is 0 Å². The second kappa shape index (κ2) is 6.64. The third kappa shape index (κ3) is 3.00. The predicted octanol–water partition coefficient (Wildman–Crippen LogP) is 4.45. The molecule has 3 aromatic heterocycles. The van der Waals surface area contributed by atoms with Crippen molar-refractivity contribution >= 4 is 45.7 Å². The Kier molecular flexibility index (Phi) is 4.42. The standard InChI is InChI=1S/C18H12Cl3N5O/c1-9-6-10(19)7-11-15(9)23-17(25(2)18(11)27)13-8-14(21)24-26(13)16-12(20)4-3-5-22-16/h3-8H,1-2H3. The molecule has 136 valence electrons. The third-order valence-electron chi connectivity index (χ3n) is 4.18. The molecule has 0 spiro atoms. The molecule has 0 fully saturated rings. The van der Waals surface area contributed by atoms with Crippen LogP contribution in [-0.2, 0) is 7.05 Å². The van der Waals surface area contributed by atoms with Gasteiger partial charge in [0.2, 0.25) is 0 Å². The number of benzene rings is 1. The van der Waals surface area contributed by atoms with E-state index in [1.165, 1.54) is 9.25 Å². The molecule has 0 aliphatic heterocycles. The Labute approximate surface area is 169 Å². The molecule has 0 atom stereocenters. The maximum absolute atomic E-state index is 12.9. The van der Waals surface area contributed by atoms with Crippen molar-refractivity contribution in [3.8, 4) is 17.3 Å². The zero-order valence-electron chi connectivity index (χ0n) is 14.2. The number of nitrogens with zero attached hydrogens (tertiary/aromatic N) is 5. The van der Waals surface area contributed by atoms with Gasteiger partial charge in [-0.1, -0.05) is 34.8 Å². The number of rotatable bonds is 2. The van der Waals surface area contributed by atoms with Crippen molar-refractivity contribution in [3.63, 3.8) is 0 Å². The number of fused-ring (bicyclic) bond motifs is 1. The highest BCUT2D eigenvalue weighted by Crippen LogP contribution is 2.28. The van der Waals surface area contributed by atoms with Crippen molar-refractivity contribution in [2.24, 2.45) is 7.05 Å². The van der Waals surface area contributed by atoms with E-state index in [4.69, 9.17) is 34.8 Å². The smallest absolute Gasteiger partial charge is 0.261 e. The van der Waals surface area contributed by atoms with E-state index in [0.29, 0.717) is 38.3 Å². The van der Waals surface area contributed by atoms with Crippen LogP contribution in [0.25, 0.3) is 28.2 Å². The average molecular weight is 421 g/mol. The Hall–Kier alpha value is -2.41. The molecule has 0 unspecified atom stereocenters. The number of hydrogen-bond donors (Lipinski definition) is 0. The van der Waals surface area contributed by atoms with Crippen LogP contribution < -0.4 is 5.56 Å². The van der Waals surface area contributed by atoms with Gasteiger partial charge in [-0.3, -0.25) is 9.36 Å². The molecule has 0 saturated heterocycles. The highest BCUT2D eigenvalue weighted by atomic mass is 35.5. The summed E-state index contributed by atoms with van der Waals surface area (Å²) in [6.45, 7) is 1.85. The van der Waals surface area contributed by atoms with E-state index in [1.807, 2.05) is 6.92 Å². The summed E-state index contributed by atoms with van der Waals surface area (Å²) in [6, 6.07) is 8.41. The summed E-state index contributed by atoms with van der Waals surface area (Å²) < 4.78 is 2.91. The van der Waals surface area contributed by atoms with Gasteiger partial charge in [-0.05, 0) is 36.8 Å². The SMILES string of the molecule is Cc1cc(Cl)cc2c(=O)n(C)c(-c3cc(Cl)nn3-c3ncccc3Cl)nc12. The van der Waals surface area contributed by atoms with Crippen molar-refractivity contribution in [2.75, 3.05) is 0 Å². The zero-order valence-corrected chi connectivity index (χ0v) is 16.5. The molecule has 3 heterocycles. The average Bonchev–Trinajstić information content (AvgIpc) is 3.00. The maximum Gasteiger partial charge on any atom is 0.261 e. The van der Waals surface area contributed by atoms with E-state index < -0.39 is 0 Å². The predicted molar refractivity (Wildman–Crippen MR) is 107 cm³/mol. The second-order valence-corrected chi connectivity index (χ2v) is 7.22. The van der Waals surface area contributed by atoms with Crippen molar-refractivity contribution in [1.82, 2.24) is 24.3 Å². The van der Waals surface area contributed by atoms with Gasteiger partial charge in [-0.25, -0.2) is 14.6 Å². The van der Waals surface area contributed by atoms with Crippen LogP contribution in [0.5, 0.6) is 0 Å². The lowest BCUT2D eigenvalue weighted by Gasteiger charge is -2.12. The lowest BCUT2D eigenvalue weighted by atomic mass is 10.1. The molecule has 4 rings (SSSR count). The number of halogens is 3. The van der Waals surface area contributed by atoms with Crippen LogP contribution >= 0.6 is 34.8 Å². The quantitative estimate of drug-likeness (QED) is 0.480. The molecular formula is C18H12Cl3N5O. The van der Waals surface area contributed by atoms with Gasteiger partial charge >= 0.3 is 0 Å². The lowest BCUT2D eigenvalue weighted by Crippen LogP contribution is -2.21. The first kappa shape index (κ1) is 18.0. The second-order valence-electron chi connectivity index (χ2n) is 5.99. The molecule has 0 saturated carbocycles. The van der Waals surface area contributed by atoms with Crippen molar-refractivity contribution in [1.29, 1.82) is 0 Å². The van der Waals surface area contributed by atoms with Crippen LogP contribution in [0, 0.1) is 6.92 Å². The molecule has 27 heavy (non-hydrogen) atoms. The van der Waals surface area contributed by atoms with Gasteiger partial charge in [0.1, 0.15) is 5.69 Å². The van der Waals surface area contributed by atoms with Crippen LogP contribution in [0.1, 0.15) is 5.56 Å². The first-order valence-corrected chi connectivity index (χ1v) is 9.04. The molecule has 0 amide bonds. The summed E-state index contributed by atoms with van der Waals surface area (Å²) in [7, 11) is 1.63. The maximum atomic E-state index is 12.9. The number of pyridine rings is 1. The summed E-state index contributed by atoms with van der Waals surface area (Å²) in [5, 5.41) is 5.82. The van der Waals surface area contributed by atoms with Crippen LogP contribution in [-0.4, -0.2) is 24.3 Å². The van der Waals surface area contributed by atoms with E-state index in [0.717, 1.165) is 5.56 Å². The van der Waals surface area contributed by atoms with E-state index in [2.05, 4.69) is 15.1 Å². The van der Waals surface area contributed by atoms with Crippen LogP contribution in [0.15, 0.2) is 41.3 Å². The van der Waals surface area contributed by atoms with Gasteiger partial charge in [-0.15, -0.1) is 0 Å². The fraction of sp³-hybridized carbons (Fsp3) is 0.111. The molecule has 0 bridgehead atoms. The summed E-state index contributed by atoms with van der Waals surface area (Å²) in [5.41, 5.74) is 1.63. The van der Waals surface area contributed by atoms with Crippen LogP contribution in [0.4, 0.5) is 0 Å². The van der Waals surface area contributed by atoms with Gasteiger partial charge in [0.05, 0.1) is 15.9 Å². The summed E-state index contributed by atoms with van der Waals surface area (Å²) >= 11 is 18.5. The molecule has 6 nitrogen and oxygen atoms in total. The highest BCUT2D eigenvalue weighted by Gasteiger charge is 2.20. The van der Waals surface area contributed by atoms with E-state index >= 15 is 0 Å². The van der Waals surface area contributed by atoms with E-state index in [-0.39, 0.29) is 10.7 Å². The Morgan fingerprint density at radius 2 is 1.89 bits per heavy atom. The van der Waals surface area contributed by atoms with Gasteiger partial charge in [0.15, 0.2) is 16.8 Å². The molecule has 4 aromatic rings. The first-order valence-electron chi connectivity index (χ1n) is 7.90. The summed E-state index contributed by atoms with van der Waals surface area (Å²) in [4.78, 5) is 21.9.